The summed E-state index contributed by atoms with van der Waals surface area (Å²) in [4.78, 5) is 21.4. The molecule has 7 heteroatoms. The normalized spacial score (nSPS) is 11.1. The van der Waals surface area contributed by atoms with Crippen LogP contribution in [0.15, 0.2) is 40.8 Å². The summed E-state index contributed by atoms with van der Waals surface area (Å²) in [6.45, 7) is 6.56. The van der Waals surface area contributed by atoms with Gasteiger partial charge in [0.1, 0.15) is 23.9 Å². The molecule has 2 aromatic rings. The van der Waals surface area contributed by atoms with Crippen LogP contribution in [0.4, 0.5) is 5.88 Å². The monoisotopic (exact) mass is 333 g/mol. The topological polar surface area (TPSA) is 91.8 Å². The number of nitro groups is 1. The van der Waals surface area contributed by atoms with Crippen molar-refractivity contribution in [3.63, 3.8) is 0 Å². The lowest BCUT2D eigenvalue weighted by Crippen LogP contribution is -2.12. The molecule has 1 heterocycles. The van der Waals surface area contributed by atoms with E-state index in [0.717, 1.165) is 6.07 Å². The predicted octanol–water partition coefficient (Wildman–Crippen LogP) is 3.72. The first-order valence-electron chi connectivity index (χ1n) is 7.42. The zero-order chi connectivity index (χ0) is 17.7. The number of benzene rings is 1. The van der Waals surface area contributed by atoms with E-state index >= 15 is 0 Å². The molecule has 24 heavy (non-hydrogen) atoms. The minimum Gasteiger partial charge on any atom is -0.490 e. The molecule has 0 radical (unpaired) electrons. The molecule has 0 aliphatic heterocycles. The third kappa shape index (κ3) is 4.58. The summed E-state index contributed by atoms with van der Waals surface area (Å²) in [7, 11) is 0. The molecule has 0 atom stereocenters. The highest BCUT2D eigenvalue weighted by Gasteiger charge is 2.18. The maximum atomic E-state index is 11.7. The highest BCUT2D eigenvalue weighted by atomic mass is 16.7. The van der Waals surface area contributed by atoms with Gasteiger partial charge in [0, 0.05) is 0 Å². The van der Waals surface area contributed by atoms with Gasteiger partial charge in [-0.3, -0.25) is 10.1 Å². The molecular weight excluding hydrogens is 314 g/mol. The van der Waals surface area contributed by atoms with Gasteiger partial charge in [0.25, 0.3) is 0 Å². The van der Waals surface area contributed by atoms with E-state index in [0.29, 0.717) is 5.75 Å². The lowest BCUT2D eigenvalue weighted by Gasteiger charge is -2.19. The highest BCUT2D eigenvalue weighted by molar-refractivity contribution is 5.86. The second-order valence-electron chi connectivity index (χ2n) is 6.15. The molecule has 0 spiro atoms. The zero-order valence-corrected chi connectivity index (χ0v) is 13.8. The third-order valence-corrected chi connectivity index (χ3v) is 3.28. The predicted molar refractivity (Wildman–Crippen MR) is 86.3 cm³/mol. The Balaban J connectivity index is 1.78. The van der Waals surface area contributed by atoms with E-state index in [-0.39, 0.29) is 24.4 Å². The van der Waals surface area contributed by atoms with Gasteiger partial charge in [0.15, 0.2) is 0 Å². The maximum absolute atomic E-state index is 11.7. The summed E-state index contributed by atoms with van der Waals surface area (Å²) >= 11 is 0. The molecule has 0 fully saturated rings. The molecule has 0 saturated heterocycles. The van der Waals surface area contributed by atoms with Crippen molar-refractivity contribution >= 4 is 11.9 Å². The molecule has 0 N–H and O–H groups in total. The van der Waals surface area contributed by atoms with Gasteiger partial charge in [-0.1, -0.05) is 32.9 Å². The van der Waals surface area contributed by atoms with Crippen LogP contribution in [0.25, 0.3) is 0 Å². The largest absolute Gasteiger partial charge is 0.490 e. The Hall–Kier alpha value is -2.83. The van der Waals surface area contributed by atoms with Crippen LogP contribution >= 0.6 is 0 Å². The van der Waals surface area contributed by atoms with Crippen LogP contribution in [0.1, 0.15) is 36.9 Å². The van der Waals surface area contributed by atoms with Gasteiger partial charge in [-0.05, 0) is 29.2 Å². The number of carbonyl (C=O) groups excluding carboxylic acids is 1. The maximum Gasteiger partial charge on any atom is 0.433 e. The van der Waals surface area contributed by atoms with E-state index in [1.807, 2.05) is 24.3 Å². The summed E-state index contributed by atoms with van der Waals surface area (Å²) in [5.74, 6) is -0.809. The number of hydrogen-bond donors (Lipinski definition) is 0. The Morgan fingerprint density at radius 3 is 2.33 bits per heavy atom. The van der Waals surface area contributed by atoms with Gasteiger partial charge < -0.3 is 13.9 Å². The van der Waals surface area contributed by atoms with Crippen molar-refractivity contribution in [1.82, 2.24) is 0 Å². The molecule has 0 aliphatic carbocycles. The second kappa shape index (κ2) is 7.16. The molecule has 0 bridgehead atoms. The first-order valence-corrected chi connectivity index (χ1v) is 7.42. The van der Waals surface area contributed by atoms with E-state index in [2.05, 4.69) is 20.8 Å². The van der Waals surface area contributed by atoms with Crippen LogP contribution in [0.5, 0.6) is 5.75 Å². The third-order valence-electron chi connectivity index (χ3n) is 3.28. The van der Waals surface area contributed by atoms with Crippen molar-refractivity contribution in [3.05, 3.63) is 57.8 Å². The Morgan fingerprint density at radius 2 is 1.79 bits per heavy atom. The highest BCUT2D eigenvalue weighted by Crippen LogP contribution is 2.24. The number of rotatable bonds is 6. The molecule has 0 unspecified atom stereocenters. The first-order chi connectivity index (χ1) is 11.3. The second-order valence-corrected chi connectivity index (χ2v) is 6.15. The van der Waals surface area contributed by atoms with Gasteiger partial charge in [-0.25, -0.2) is 4.79 Å². The molecule has 1 aromatic heterocycles. The Kier molecular flexibility index (Phi) is 5.23. The minimum absolute atomic E-state index is 0.00829. The summed E-state index contributed by atoms with van der Waals surface area (Å²) in [5, 5.41) is 10.5. The first kappa shape index (κ1) is 17.5. The summed E-state index contributed by atoms with van der Waals surface area (Å²) < 4.78 is 15.2. The van der Waals surface area contributed by atoms with E-state index < -0.39 is 16.8 Å². The average molecular weight is 333 g/mol. The van der Waals surface area contributed by atoms with Crippen molar-refractivity contribution in [2.45, 2.75) is 26.2 Å². The number of esters is 1. The zero-order valence-electron chi connectivity index (χ0n) is 13.8. The van der Waals surface area contributed by atoms with Crippen molar-refractivity contribution in [1.29, 1.82) is 0 Å². The Bertz CT molecular complexity index is 711. The van der Waals surface area contributed by atoms with Crippen LogP contribution in [0.2, 0.25) is 0 Å². The summed E-state index contributed by atoms with van der Waals surface area (Å²) in [5.41, 5.74) is 1.26. The average Bonchev–Trinajstić information content (AvgIpc) is 3.01. The molecule has 0 aliphatic rings. The lowest BCUT2D eigenvalue weighted by molar-refractivity contribution is -0.402. The summed E-state index contributed by atoms with van der Waals surface area (Å²) in [6, 6.07) is 10.00. The van der Waals surface area contributed by atoms with E-state index in [4.69, 9.17) is 13.9 Å². The molecule has 0 saturated carbocycles. The van der Waals surface area contributed by atoms with Crippen LogP contribution < -0.4 is 4.74 Å². The summed E-state index contributed by atoms with van der Waals surface area (Å²) in [6.07, 6.45) is 0. The number of nitrogens with zero attached hydrogens (tertiary/aromatic N) is 1. The Labute approximate surface area is 139 Å². The SMILES string of the molecule is CC(C)(C)c1ccc(OCCOC(=O)c2ccc([N+](=O)[O-])o2)cc1. The van der Waals surface area contributed by atoms with Crippen molar-refractivity contribution < 1.29 is 23.6 Å². The molecule has 2 rings (SSSR count). The van der Waals surface area contributed by atoms with Gasteiger partial charge in [-0.2, -0.15) is 0 Å². The van der Waals surface area contributed by atoms with Crippen LogP contribution in [-0.2, 0) is 10.2 Å². The van der Waals surface area contributed by atoms with Crippen molar-refractivity contribution in [2.24, 2.45) is 0 Å². The van der Waals surface area contributed by atoms with E-state index in [1.54, 1.807) is 0 Å². The number of furan rings is 1. The molecule has 1 aromatic carbocycles. The van der Waals surface area contributed by atoms with Crippen LogP contribution in [-0.4, -0.2) is 24.1 Å². The van der Waals surface area contributed by atoms with Crippen LogP contribution in [0, 0.1) is 10.1 Å². The Morgan fingerprint density at radius 1 is 1.12 bits per heavy atom. The van der Waals surface area contributed by atoms with Crippen molar-refractivity contribution in [2.75, 3.05) is 13.2 Å². The van der Waals surface area contributed by atoms with Crippen molar-refractivity contribution in [3.8, 4) is 5.75 Å². The number of ether oxygens (including phenoxy) is 2. The van der Waals surface area contributed by atoms with Gasteiger partial charge >= 0.3 is 11.9 Å². The smallest absolute Gasteiger partial charge is 0.433 e. The fraction of sp³-hybridized carbons (Fsp3) is 0.353. The van der Waals surface area contributed by atoms with Gasteiger partial charge in [0.2, 0.25) is 5.76 Å². The fourth-order valence-corrected chi connectivity index (χ4v) is 1.95. The molecular formula is C17H19NO6. The van der Waals surface area contributed by atoms with Gasteiger partial charge in [0.05, 0.1) is 6.07 Å². The standard InChI is InChI=1S/C17H19NO6/c1-17(2,3)12-4-6-13(7-5-12)22-10-11-23-16(19)14-8-9-15(24-14)18(20)21/h4-9H,10-11H2,1-3H3. The number of carbonyl (C=O) groups is 1. The van der Waals surface area contributed by atoms with E-state index in [1.165, 1.54) is 11.6 Å². The quantitative estimate of drug-likeness (QED) is 0.346. The minimum atomic E-state index is -0.769. The lowest BCUT2D eigenvalue weighted by atomic mass is 9.87. The number of hydrogen-bond acceptors (Lipinski definition) is 6. The van der Waals surface area contributed by atoms with Crippen LogP contribution in [0.3, 0.4) is 0 Å². The van der Waals surface area contributed by atoms with E-state index in [9.17, 15) is 14.9 Å². The molecule has 0 amide bonds. The fourth-order valence-electron chi connectivity index (χ4n) is 1.95. The molecule has 128 valence electrons. The molecule has 7 nitrogen and oxygen atoms in total. The van der Waals surface area contributed by atoms with Gasteiger partial charge in [-0.15, -0.1) is 0 Å².